The maximum atomic E-state index is 12.3. The highest BCUT2D eigenvalue weighted by Gasteiger charge is 2.17. The molecule has 132 valence electrons. The monoisotopic (exact) mass is 368 g/mol. The van der Waals surface area contributed by atoms with Crippen molar-refractivity contribution in [3.05, 3.63) is 68.6 Å². The van der Waals surface area contributed by atoms with Gasteiger partial charge < -0.3 is 5.73 Å². The lowest BCUT2D eigenvalue weighted by Gasteiger charge is -2.04. The zero-order chi connectivity index (χ0) is 18.8. The van der Waals surface area contributed by atoms with Crippen LogP contribution in [0.5, 0.6) is 0 Å². The molecule has 0 saturated carbocycles. The number of aromatic nitrogens is 1. The summed E-state index contributed by atoms with van der Waals surface area (Å²) in [5.41, 5.74) is 9.44. The van der Waals surface area contributed by atoms with E-state index in [1.807, 2.05) is 31.4 Å². The van der Waals surface area contributed by atoms with E-state index in [9.17, 15) is 14.9 Å². The molecule has 1 amide bonds. The summed E-state index contributed by atoms with van der Waals surface area (Å²) in [7, 11) is 0. The molecule has 0 radical (unpaired) electrons. The fourth-order valence-corrected chi connectivity index (χ4v) is 3.27. The Labute approximate surface area is 153 Å². The van der Waals surface area contributed by atoms with Crippen LogP contribution in [0.2, 0.25) is 0 Å². The molecule has 26 heavy (non-hydrogen) atoms. The Morgan fingerprint density at radius 1 is 1.23 bits per heavy atom. The van der Waals surface area contributed by atoms with E-state index in [4.69, 9.17) is 5.73 Å². The van der Waals surface area contributed by atoms with Crippen LogP contribution in [-0.2, 0) is 0 Å². The van der Waals surface area contributed by atoms with Crippen molar-refractivity contribution < 1.29 is 9.72 Å². The van der Waals surface area contributed by atoms with Crippen molar-refractivity contribution in [3.8, 4) is 11.3 Å². The number of nitrogens with zero attached hydrogens (tertiary/aromatic N) is 2. The Hall–Kier alpha value is -3.26. The van der Waals surface area contributed by atoms with E-state index < -0.39 is 10.8 Å². The van der Waals surface area contributed by atoms with Gasteiger partial charge in [-0.1, -0.05) is 23.8 Å². The number of hydrogen-bond acceptors (Lipinski definition) is 6. The number of nitrogen functional groups attached to an aromatic ring is 1. The fourth-order valence-electron chi connectivity index (χ4n) is 2.57. The average molecular weight is 368 g/mol. The predicted molar refractivity (Wildman–Crippen MR) is 102 cm³/mol. The zero-order valence-corrected chi connectivity index (χ0v) is 15.0. The number of nitrogens with two attached hydrogens (primary N) is 1. The van der Waals surface area contributed by atoms with Gasteiger partial charge in [0.2, 0.25) is 0 Å². The minimum atomic E-state index is -0.617. The van der Waals surface area contributed by atoms with Crippen LogP contribution in [0.3, 0.4) is 0 Å². The number of anilines is 2. The first-order chi connectivity index (χ1) is 12.3. The zero-order valence-electron chi connectivity index (χ0n) is 14.1. The Morgan fingerprint density at radius 3 is 2.69 bits per heavy atom. The third-order valence-corrected chi connectivity index (χ3v) is 4.63. The number of benzene rings is 2. The molecule has 3 aromatic rings. The molecule has 0 saturated heterocycles. The van der Waals surface area contributed by atoms with Gasteiger partial charge in [0.1, 0.15) is 5.69 Å². The molecule has 3 rings (SSSR count). The lowest BCUT2D eigenvalue weighted by Crippen LogP contribution is -2.12. The van der Waals surface area contributed by atoms with E-state index in [1.165, 1.54) is 29.0 Å². The number of nitro groups is 1. The third-order valence-electron chi connectivity index (χ3n) is 3.87. The average Bonchev–Trinajstić information content (AvgIpc) is 3.03. The molecule has 0 atom stereocenters. The number of thiazole rings is 1. The summed E-state index contributed by atoms with van der Waals surface area (Å²) >= 11 is 1.29. The Morgan fingerprint density at radius 2 is 2.00 bits per heavy atom. The van der Waals surface area contributed by atoms with E-state index in [0.717, 1.165) is 22.9 Å². The summed E-state index contributed by atoms with van der Waals surface area (Å²) in [5.74, 6) is -0.477. The highest BCUT2D eigenvalue weighted by molar-refractivity contribution is 7.14. The van der Waals surface area contributed by atoms with Crippen molar-refractivity contribution in [2.24, 2.45) is 0 Å². The minimum absolute atomic E-state index is 0.0120. The second kappa shape index (κ2) is 6.93. The maximum absolute atomic E-state index is 12.3. The van der Waals surface area contributed by atoms with Gasteiger partial charge in [0, 0.05) is 22.6 Å². The highest BCUT2D eigenvalue weighted by atomic mass is 32.1. The Kier molecular flexibility index (Phi) is 4.68. The third kappa shape index (κ3) is 3.55. The van der Waals surface area contributed by atoms with Crippen LogP contribution in [0.4, 0.5) is 16.5 Å². The van der Waals surface area contributed by atoms with Crippen molar-refractivity contribution in [3.63, 3.8) is 0 Å². The summed E-state index contributed by atoms with van der Waals surface area (Å²) in [6, 6.07) is 10.0. The van der Waals surface area contributed by atoms with Crippen LogP contribution in [0.25, 0.3) is 11.3 Å². The molecular formula is C18H16N4O3S. The molecule has 7 nitrogen and oxygen atoms in total. The largest absolute Gasteiger partial charge is 0.393 e. The normalized spacial score (nSPS) is 10.5. The summed E-state index contributed by atoms with van der Waals surface area (Å²) in [5, 5.41) is 15.9. The van der Waals surface area contributed by atoms with Gasteiger partial charge >= 0.3 is 0 Å². The second-order valence-corrected chi connectivity index (χ2v) is 6.70. The highest BCUT2D eigenvalue weighted by Crippen LogP contribution is 2.29. The number of rotatable bonds is 4. The number of amides is 1. The number of aryl methyl sites for hydroxylation is 2. The molecule has 0 unspecified atom stereocenters. The maximum Gasteiger partial charge on any atom is 0.292 e. The van der Waals surface area contributed by atoms with Crippen molar-refractivity contribution >= 4 is 33.8 Å². The van der Waals surface area contributed by atoms with Crippen LogP contribution in [0, 0.1) is 24.0 Å². The number of nitrogens with one attached hydrogen (secondary N) is 1. The molecular weight excluding hydrogens is 352 g/mol. The van der Waals surface area contributed by atoms with Crippen LogP contribution >= 0.6 is 11.3 Å². The van der Waals surface area contributed by atoms with Gasteiger partial charge in [-0.15, -0.1) is 11.3 Å². The van der Waals surface area contributed by atoms with Crippen molar-refractivity contribution in [1.82, 2.24) is 4.98 Å². The molecule has 1 heterocycles. The van der Waals surface area contributed by atoms with Crippen molar-refractivity contribution in [2.75, 3.05) is 11.1 Å². The van der Waals surface area contributed by atoms with E-state index in [-0.39, 0.29) is 16.9 Å². The van der Waals surface area contributed by atoms with Crippen molar-refractivity contribution in [1.29, 1.82) is 0 Å². The lowest BCUT2D eigenvalue weighted by molar-refractivity contribution is -0.383. The molecule has 0 aliphatic heterocycles. The molecule has 3 N–H and O–H groups in total. The summed E-state index contributed by atoms with van der Waals surface area (Å²) < 4.78 is 0. The van der Waals surface area contributed by atoms with E-state index in [2.05, 4.69) is 16.4 Å². The Bertz CT molecular complexity index is 1010. The van der Waals surface area contributed by atoms with Crippen LogP contribution in [0.15, 0.2) is 41.8 Å². The molecule has 1 aromatic heterocycles. The Balaban J connectivity index is 1.82. The summed E-state index contributed by atoms with van der Waals surface area (Å²) in [6.07, 6.45) is 0. The van der Waals surface area contributed by atoms with Gasteiger partial charge in [0.15, 0.2) is 5.13 Å². The minimum Gasteiger partial charge on any atom is -0.393 e. The molecule has 0 bridgehead atoms. The fraction of sp³-hybridized carbons (Fsp3) is 0.111. The van der Waals surface area contributed by atoms with Crippen LogP contribution < -0.4 is 11.1 Å². The van der Waals surface area contributed by atoms with Gasteiger partial charge in [-0.2, -0.15) is 0 Å². The molecule has 2 aromatic carbocycles. The lowest BCUT2D eigenvalue weighted by atomic mass is 10.0. The molecule has 0 spiro atoms. The van der Waals surface area contributed by atoms with Gasteiger partial charge in [0.25, 0.3) is 11.6 Å². The van der Waals surface area contributed by atoms with Crippen molar-refractivity contribution in [2.45, 2.75) is 13.8 Å². The first-order valence-electron chi connectivity index (χ1n) is 7.73. The van der Waals surface area contributed by atoms with E-state index >= 15 is 0 Å². The summed E-state index contributed by atoms with van der Waals surface area (Å²) in [6.45, 7) is 4.03. The second-order valence-electron chi connectivity index (χ2n) is 5.84. The topological polar surface area (TPSA) is 111 Å². The smallest absolute Gasteiger partial charge is 0.292 e. The molecule has 8 heteroatoms. The SMILES string of the molecule is Cc1ccc(-c2csc(NC(=O)c3ccc(N)c([N+](=O)[O-])c3)n2)c(C)c1. The molecule has 0 fully saturated rings. The van der Waals surface area contributed by atoms with E-state index in [1.54, 1.807) is 0 Å². The number of carbonyl (C=O) groups excluding carboxylic acids is 1. The first kappa shape index (κ1) is 17.6. The first-order valence-corrected chi connectivity index (χ1v) is 8.61. The quantitative estimate of drug-likeness (QED) is 0.408. The number of carbonyl (C=O) groups is 1. The van der Waals surface area contributed by atoms with Crippen LogP contribution in [0.1, 0.15) is 21.5 Å². The van der Waals surface area contributed by atoms with Gasteiger partial charge in [-0.05, 0) is 31.5 Å². The number of nitro benzene ring substituents is 1. The number of hydrogen-bond donors (Lipinski definition) is 2. The molecule has 0 aliphatic rings. The van der Waals surface area contributed by atoms with Gasteiger partial charge in [0.05, 0.1) is 10.6 Å². The van der Waals surface area contributed by atoms with Gasteiger partial charge in [-0.25, -0.2) is 4.98 Å². The summed E-state index contributed by atoms with van der Waals surface area (Å²) in [4.78, 5) is 27.1. The van der Waals surface area contributed by atoms with E-state index in [0.29, 0.717) is 5.13 Å². The standard InChI is InChI=1S/C18H16N4O3S/c1-10-3-5-13(11(2)7-10)15-9-26-18(20-15)21-17(23)12-4-6-14(19)16(8-12)22(24)25/h3-9H,19H2,1-2H3,(H,20,21,23). The predicted octanol–water partition coefficient (Wildman–Crippen LogP) is 4.17. The van der Waals surface area contributed by atoms with Gasteiger partial charge in [-0.3, -0.25) is 20.2 Å². The van der Waals surface area contributed by atoms with Crippen LogP contribution in [-0.4, -0.2) is 15.8 Å². The molecule has 0 aliphatic carbocycles.